The molecule has 0 aliphatic heterocycles. The number of ether oxygens (including phenoxy) is 1. The van der Waals surface area contributed by atoms with E-state index in [-0.39, 0.29) is 5.60 Å². The Balaban J connectivity index is 2.41. The zero-order valence-electron chi connectivity index (χ0n) is 11.7. The van der Waals surface area contributed by atoms with Gasteiger partial charge in [0.05, 0.1) is 5.60 Å². The fourth-order valence-corrected chi connectivity index (χ4v) is 3.00. The van der Waals surface area contributed by atoms with Gasteiger partial charge in [0.25, 0.3) is 0 Å². The number of halogens is 1. The van der Waals surface area contributed by atoms with Gasteiger partial charge in [-0.15, -0.1) is 0 Å². The lowest BCUT2D eigenvalue weighted by Crippen LogP contribution is -2.41. The summed E-state index contributed by atoms with van der Waals surface area (Å²) in [5.74, 6) is 0. The van der Waals surface area contributed by atoms with Gasteiger partial charge >= 0.3 is 0 Å². The minimum atomic E-state index is 0.0131. The Morgan fingerprint density at radius 3 is 2.35 bits per heavy atom. The highest BCUT2D eigenvalue weighted by Crippen LogP contribution is 2.24. The summed E-state index contributed by atoms with van der Waals surface area (Å²) in [6, 6.07) is 0.814. The van der Waals surface area contributed by atoms with E-state index in [0.717, 1.165) is 24.3 Å². The van der Waals surface area contributed by atoms with E-state index < -0.39 is 0 Å². The minimum absolute atomic E-state index is 0.0131. The Bertz CT molecular complexity index is 202. The summed E-state index contributed by atoms with van der Waals surface area (Å²) in [4.78, 5) is 2.66. The van der Waals surface area contributed by atoms with Crippen molar-refractivity contribution in [3.8, 4) is 0 Å². The highest BCUT2D eigenvalue weighted by molar-refractivity contribution is 9.09. The molecule has 0 heterocycles. The van der Waals surface area contributed by atoms with Gasteiger partial charge in [0.15, 0.2) is 0 Å². The summed E-state index contributed by atoms with van der Waals surface area (Å²) < 4.78 is 5.52. The van der Waals surface area contributed by atoms with Crippen molar-refractivity contribution in [1.82, 2.24) is 4.90 Å². The number of methoxy groups -OCH3 is 1. The second-order valence-electron chi connectivity index (χ2n) is 5.73. The summed E-state index contributed by atoms with van der Waals surface area (Å²) in [5.41, 5.74) is 0.0131. The van der Waals surface area contributed by atoms with Gasteiger partial charge in [0, 0.05) is 31.6 Å². The minimum Gasteiger partial charge on any atom is -0.379 e. The highest BCUT2D eigenvalue weighted by atomic mass is 79.9. The maximum absolute atomic E-state index is 5.52. The van der Waals surface area contributed by atoms with Crippen molar-refractivity contribution < 1.29 is 4.74 Å². The smallest absolute Gasteiger partial charge is 0.0634 e. The molecule has 1 aliphatic rings. The first-order valence-corrected chi connectivity index (χ1v) is 8.06. The molecule has 0 unspecified atom stereocenters. The Hall–Kier alpha value is 0.400. The third-order valence-electron chi connectivity index (χ3n) is 4.02. The molecular weight excluding hydrogens is 278 g/mol. The van der Waals surface area contributed by atoms with Crippen LogP contribution in [-0.4, -0.2) is 42.1 Å². The molecule has 102 valence electrons. The molecular formula is C14H28BrNO. The molecule has 1 saturated carbocycles. The van der Waals surface area contributed by atoms with Crippen molar-refractivity contribution in [2.75, 3.05) is 25.5 Å². The molecule has 0 aromatic heterocycles. The largest absolute Gasteiger partial charge is 0.379 e. The lowest BCUT2D eigenvalue weighted by Gasteiger charge is -2.36. The predicted octanol–water partition coefficient (Wildman–Crippen LogP) is 3.83. The van der Waals surface area contributed by atoms with Crippen LogP contribution in [0.3, 0.4) is 0 Å². The van der Waals surface area contributed by atoms with Crippen molar-refractivity contribution in [1.29, 1.82) is 0 Å². The van der Waals surface area contributed by atoms with Crippen LogP contribution in [0, 0.1) is 0 Å². The first-order chi connectivity index (χ1) is 8.09. The maximum atomic E-state index is 5.52. The molecule has 0 N–H and O–H groups in total. The van der Waals surface area contributed by atoms with Crippen LogP contribution in [-0.2, 0) is 4.74 Å². The average molecular weight is 306 g/mol. The van der Waals surface area contributed by atoms with E-state index in [2.05, 4.69) is 34.7 Å². The van der Waals surface area contributed by atoms with E-state index in [9.17, 15) is 0 Å². The van der Waals surface area contributed by atoms with Gasteiger partial charge < -0.3 is 4.74 Å². The second-order valence-corrected chi connectivity index (χ2v) is 6.52. The molecule has 0 saturated heterocycles. The lowest BCUT2D eigenvalue weighted by molar-refractivity contribution is 0.00287. The van der Waals surface area contributed by atoms with Crippen LogP contribution in [0.5, 0.6) is 0 Å². The van der Waals surface area contributed by atoms with Crippen molar-refractivity contribution in [2.24, 2.45) is 0 Å². The molecule has 0 aromatic carbocycles. The van der Waals surface area contributed by atoms with Crippen LogP contribution in [0.2, 0.25) is 0 Å². The average Bonchev–Trinajstić information content (AvgIpc) is 2.35. The third kappa shape index (κ3) is 5.71. The van der Waals surface area contributed by atoms with E-state index in [4.69, 9.17) is 4.74 Å². The molecule has 2 nitrogen and oxygen atoms in total. The van der Waals surface area contributed by atoms with Crippen molar-refractivity contribution >= 4 is 15.9 Å². The van der Waals surface area contributed by atoms with Gasteiger partial charge in [0.1, 0.15) is 0 Å². The summed E-state index contributed by atoms with van der Waals surface area (Å²) in [5, 5.41) is 1.08. The summed E-state index contributed by atoms with van der Waals surface area (Å²) in [7, 11) is 1.81. The van der Waals surface area contributed by atoms with Gasteiger partial charge in [0.2, 0.25) is 0 Å². The van der Waals surface area contributed by atoms with Crippen LogP contribution in [0.4, 0.5) is 0 Å². The highest BCUT2D eigenvalue weighted by Gasteiger charge is 2.23. The normalized spacial score (nSPS) is 18.9. The quantitative estimate of drug-likeness (QED) is 0.663. The van der Waals surface area contributed by atoms with E-state index >= 15 is 0 Å². The monoisotopic (exact) mass is 305 g/mol. The Labute approximate surface area is 115 Å². The van der Waals surface area contributed by atoms with E-state index in [1.165, 1.54) is 38.6 Å². The fourth-order valence-electron chi connectivity index (χ4n) is 2.55. The zero-order valence-corrected chi connectivity index (χ0v) is 13.3. The third-order valence-corrected chi connectivity index (χ3v) is 4.37. The number of alkyl halides is 1. The van der Waals surface area contributed by atoms with Crippen LogP contribution in [0.1, 0.15) is 52.4 Å². The SMILES string of the molecule is COC(C)(C)CCN(CCBr)C1CCCCC1. The van der Waals surface area contributed by atoms with Gasteiger partial charge in [-0.05, 0) is 33.1 Å². The zero-order chi connectivity index (χ0) is 12.7. The molecule has 1 aliphatic carbocycles. The molecule has 0 radical (unpaired) electrons. The number of hydrogen-bond donors (Lipinski definition) is 0. The van der Waals surface area contributed by atoms with Gasteiger partial charge in [-0.2, -0.15) is 0 Å². The maximum Gasteiger partial charge on any atom is 0.0634 e. The Morgan fingerprint density at radius 2 is 1.82 bits per heavy atom. The first-order valence-electron chi connectivity index (χ1n) is 6.94. The van der Waals surface area contributed by atoms with E-state index in [1.54, 1.807) is 0 Å². The van der Waals surface area contributed by atoms with Crippen LogP contribution >= 0.6 is 15.9 Å². The first kappa shape index (κ1) is 15.5. The Kier molecular flexibility index (Phi) is 7.05. The van der Waals surface area contributed by atoms with Crippen molar-refractivity contribution in [3.05, 3.63) is 0 Å². The van der Waals surface area contributed by atoms with Gasteiger partial charge in [-0.25, -0.2) is 0 Å². The van der Waals surface area contributed by atoms with E-state index in [1.807, 2.05) is 7.11 Å². The second kappa shape index (κ2) is 7.75. The molecule has 1 rings (SSSR count). The van der Waals surface area contributed by atoms with Gasteiger partial charge in [-0.1, -0.05) is 35.2 Å². The fraction of sp³-hybridized carbons (Fsp3) is 1.00. The molecule has 0 atom stereocenters. The summed E-state index contributed by atoms with van der Waals surface area (Å²) in [6.07, 6.45) is 8.16. The topological polar surface area (TPSA) is 12.5 Å². The molecule has 0 spiro atoms. The lowest BCUT2D eigenvalue weighted by atomic mass is 9.93. The van der Waals surface area contributed by atoms with Crippen LogP contribution in [0.25, 0.3) is 0 Å². The molecule has 0 amide bonds. The number of hydrogen-bond acceptors (Lipinski definition) is 2. The van der Waals surface area contributed by atoms with Crippen molar-refractivity contribution in [3.63, 3.8) is 0 Å². The summed E-state index contributed by atoms with van der Waals surface area (Å²) in [6.45, 7) is 6.70. The molecule has 17 heavy (non-hydrogen) atoms. The van der Waals surface area contributed by atoms with Crippen LogP contribution in [0.15, 0.2) is 0 Å². The Morgan fingerprint density at radius 1 is 1.18 bits per heavy atom. The standard InChI is InChI=1S/C14H28BrNO/c1-14(2,17-3)9-11-16(12-10-15)13-7-5-4-6-8-13/h13H,4-12H2,1-3H3. The number of rotatable bonds is 7. The number of nitrogens with zero attached hydrogens (tertiary/aromatic N) is 1. The molecule has 0 aromatic rings. The molecule has 1 fully saturated rings. The van der Waals surface area contributed by atoms with Gasteiger partial charge in [-0.3, -0.25) is 4.90 Å². The summed E-state index contributed by atoms with van der Waals surface area (Å²) >= 11 is 3.58. The molecule has 3 heteroatoms. The van der Waals surface area contributed by atoms with Crippen LogP contribution < -0.4 is 0 Å². The van der Waals surface area contributed by atoms with E-state index in [0.29, 0.717) is 0 Å². The molecule has 0 bridgehead atoms. The predicted molar refractivity (Wildman–Crippen MR) is 77.9 cm³/mol. The van der Waals surface area contributed by atoms with Crippen molar-refractivity contribution in [2.45, 2.75) is 64.0 Å².